The third-order valence-corrected chi connectivity index (χ3v) is 7.80. The van der Waals surface area contributed by atoms with Gasteiger partial charge in [0.25, 0.3) is 5.69 Å². The Kier molecular flexibility index (Phi) is 7.39. The first kappa shape index (κ1) is 25.4. The molecule has 0 bridgehead atoms. The van der Waals surface area contributed by atoms with Crippen molar-refractivity contribution >= 4 is 29.3 Å². The van der Waals surface area contributed by atoms with Crippen LogP contribution in [0.15, 0.2) is 108 Å². The number of hydrogen-bond acceptors (Lipinski definition) is 7. The fourth-order valence-corrected chi connectivity index (χ4v) is 5.76. The third-order valence-electron chi connectivity index (χ3n) is 6.48. The number of hydrogen-bond donors (Lipinski definition) is 1. The van der Waals surface area contributed by atoms with Crippen molar-refractivity contribution in [3.05, 3.63) is 135 Å². The van der Waals surface area contributed by atoms with E-state index in [2.05, 4.69) is 0 Å². The zero-order valence-electron chi connectivity index (χ0n) is 20.3. The van der Waals surface area contributed by atoms with Gasteiger partial charge in [-0.15, -0.1) is 11.8 Å². The molecule has 0 radical (unpaired) electrons. The van der Waals surface area contributed by atoms with Crippen molar-refractivity contribution in [1.29, 1.82) is 0 Å². The average Bonchev–Trinajstić information content (AvgIpc) is 2.96. The van der Waals surface area contributed by atoms with Gasteiger partial charge in [0.05, 0.1) is 4.92 Å². The second kappa shape index (κ2) is 11.0. The number of rotatable bonds is 8. The molecule has 2 atom stereocenters. The SMILES string of the molecule is NC1C(=O)N2C(C(=O)OC(c3ccccc3)c3ccccc3)=C(C=CCc3ccc([N+](=O)[O-])cc3)CS[C@H]12. The summed E-state index contributed by atoms with van der Waals surface area (Å²) in [6.07, 6.45) is 3.54. The van der Waals surface area contributed by atoms with Crippen molar-refractivity contribution in [2.75, 3.05) is 5.75 Å². The number of carbonyl (C=O) groups is 2. The number of allylic oxidation sites excluding steroid dienone is 2. The molecule has 192 valence electrons. The highest BCUT2D eigenvalue weighted by Gasteiger charge is 2.52. The molecule has 38 heavy (non-hydrogen) atoms. The monoisotopic (exact) mass is 527 g/mol. The Balaban J connectivity index is 1.44. The van der Waals surface area contributed by atoms with Crippen LogP contribution in [0.25, 0.3) is 0 Å². The van der Waals surface area contributed by atoms with Gasteiger partial charge in [0, 0.05) is 17.9 Å². The van der Waals surface area contributed by atoms with Crippen molar-refractivity contribution in [1.82, 2.24) is 4.90 Å². The second-order valence-electron chi connectivity index (χ2n) is 8.95. The highest BCUT2D eigenvalue weighted by Crippen LogP contribution is 2.41. The molecule has 5 rings (SSSR count). The van der Waals surface area contributed by atoms with Crippen LogP contribution in [-0.2, 0) is 20.7 Å². The van der Waals surface area contributed by atoms with E-state index < -0.39 is 23.0 Å². The Hall–Kier alpha value is -4.21. The lowest BCUT2D eigenvalue weighted by atomic mass is 10.0. The minimum absolute atomic E-state index is 0.0270. The van der Waals surface area contributed by atoms with Crippen molar-refractivity contribution < 1.29 is 19.2 Å². The fourth-order valence-electron chi connectivity index (χ4n) is 4.49. The number of benzene rings is 3. The minimum atomic E-state index is -0.660. The summed E-state index contributed by atoms with van der Waals surface area (Å²) in [7, 11) is 0. The van der Waals surface area contributed by atoms with Crippen LogP contribution in [0.1, 0.15) is 22.8 Å². The van der Waals surface area contributed by atoms with Crippen LogP contribution >= 0.6 is 11.8 Å². The first-order chi connectivity index (χ1) is 18.4. The number of amides is 1. The first-order valence-corrected chi connectivity index (χ1v) is 13.1. The van der Waals surface area contributed by atoms with Gasteiger partial charge in [-0.1, -0.05) is 84.9 Å². The number of thioether (sulfide) groups is 1. The van der Waals surface area contributed by atoms with E-state index in [9.17, 15) is 19.7 Å². The molecular formula is C29H25N3O5S. The van der Waals surface area contributed by atoms with E-state index in [1.165, 1.54) is 28.8 Å². The molecule has 0 aliphatic carbocycles. The van der Waals surface area contributed by atoms with Crippen LogP contribution in [0.3, 0.4) is 0 Å². The van der Waals surface area contributed by atoms with E-state index in [4.69, 9.17) is 10.5 Å². The molecule has 2 heterocycles. The molecule has 0 aromatic heterocycles. The van der Waals surface area contributed by atoms with Gasteiger partial charge in [0.1, 0.15) is 17.1 Å². The topological polar surface area (TPSA) is 116 Å². The number of nitrogens with zero attached hydrogens (tertiary/aromatic N) is 2. The quantitative estimate of drug-likeness (QED) is 0.198. The van der Waals surface area contributed by atoms with E-state index >= 15 is 0 Å². The molecule has 3 aromatic rings. The molecule has 2 aliphatic rings. The number of nitro groups is 1. The number of nitrogens with two attached hydrogens (primary N) is 1. The normalized spacial score (nSPS) is 18.9. The van der Waals surface area contributed by atoms with Crippen molar-refractivity contribution in [3.63, 3.8) is 0 Å². The van der Waals surface area contributed by atoms with Crippen LogP contribution in [0.4, 0.5) is 5.69 Å². The van der Waals surface area contributed by atoms with E-state index in [1.807, 2.05) is 72.8 Å². The molecule has 1 fully saturated rings. The lowest BCUT2D eigenvalue weighted by molar-refractivity contribution is -0.384. The molecule has 8 nitrogen and oxygen atoms in total. The molecule has 2 aliphatic heterocycles. The number of β-lactam (4-membered cyclic amide) rings is 1. The van der Waals surface area contributed by atoms with E-state index in [0.29, 0.717) is 17.7 Å². The molecule has 9 heteroatoms. The first-order valence-electron chi connectivity index (χ1n) is 12.1. The molecule has 1 amide bonds. The summed E-state index contributed by atoms with van der Waals surface area (Å²) in [5.74, 6) is -0.417. The lowest BCUT2D eigenvalue weighted by Crippen LogP contribution is -2.68. The maximum atomic E-state index is 13.7. The number of carbonyl (C=O) groups excluding carboxylic acids is 2. The second-order valence-corrected chi connectivity index (χ2v) is 10.1. The molecule has 2 N–H and O–H groups in total. The van der Waals surface area contributed by atoms with Gasteiger partial charge in [-0.25, -0.2) is 4.79 Å². The average molecular weight is 528 g/mol. The van der Waals surface area contributed by atoms with Crippen molar-refractivity contribution in [3.8, 4) is 0 Å². The van der Waals surface area contributed by atoms with Gasteiger partial charge in [-0.05, 0) is 28.7 Å². The molecule has 1 saturated heterocycles. The molecule has 1 unspecified atom stereocenters. The van der Waals surface area contributed by atoms with Crippen LogP contribution in [-0.4, -0.2) is 38.9 Å². The molecule has 0 saturated carbocycles. The fraction of sp³-hybridized carbons (Fsp3) is 0.172. The summed E-state index contributed by atoms with van der Waals surface area (Å²) >= 11 is 1.51. The van der Waals surface area contributed by atoms with E-state index in [1.54, 1.807) is 12.1 Å². The molecule has 3 aromatic carbocycles. The lowest BCUT2D eigenvalue weighted by Gasteiger charge is -2.48. The Labute approximate surface area is 223 Å². The van der Waals surface area contributed by atoms with Gasteiger partial charge >= 0.3 is 5.97 Å². The van der Waals surface area contributed by atoms with Gasteiger partial charge < -0.3 is 10.5 Å². The standard InChI is InChI=1S/C29H25N3O5S/c30-24-27(33)31-25(29(34)37-26(20-9-3-1-4-10-20)21-11-5-2-6-12-21)22(18-38-28(24)31)13-7-8-19-14-16-23(17-15-19)32(35)36/h1-7,9-17,24,26,28H,8,18,30H2/t24?,28-/m1/s1. The summed E-state index contributed by atoms with van der Waals surface area (Å²) in [6, 6.07) is 24.6. The predicted molar refractivity (Wildman–Crippen MR) is 145 cm³/mol. The van der Waals surface area contributed by atoms with Gasteiger partial charge in [0.2, 0.25) is 5.91 Å². The van der Waals surface area contributed by atoms with Gasteiger partial charge in [-0.3, -0.25) is 19.8 Å². The Morgan fingerprint density at radius 2 is 1.66 bits per heavy atom. The van der Waals surface area contributed by atoms with E-state index in [0.717, 1.165) is 16.7 Å². The van der Waals surface area contributed by atoms with Crippen molar-refractivity contribution in [2.45, 2.75) is 23.9 Å². The summed E-state index contributed by atoms with van der Waals surface area (Å²) in [6.45, 7) is 0. The Morgan fingerprint density at radius 1 is 1.05 bits per heavy atom. The summed E-state index contributed by atoms with van der Waals surface area (Å²) in [5.41, 5.74) is 9.44. The number of esters is 1. The third kappa shape index (κ3) is 5.11. The van der Waals surface area contributed by atoms with Gasteiger partial charge in [0.15, 0.2) is 6.10 Å². The zero-order chi connectivity index (χ0) is 26.6. The van der Waals surface area contributed by atoms with Crippen molar-refractivity contribution in [2.24, 2.45) is 5.73 Å². The zero-order valence-corrected chi connectivity index (χ0v) is 21.1. The number of fused-ring (bicyclic) bond motifs is 1. The van der Waals surface area contributed by atoms with E-state index in [-0.39, 0.29) is 22.7 Å². The number of ether oxygens (including phenoxy) is 1. The Morgan fingerprint density at radius 3 is 2.24 bits per heavy atom. The summed E-state index contributed by atoms with van der Waals surface area (Å²) < 4.78 is 6.09. The number of nitro benzene ring substituents is 1. The number of non-ortho nitro benzene ring substituents is 1. The maximum Gasteiger partial charge on any atom is 0.356 e. The molecular weight excluding hydrogens is 502 g/mol. The highest BCUT2D eigenvalue weighted by atomic mass is 32.2. The Bertz CT molecular complexity index is 1370. The predicted octanol–water partition coefficient (Wildman–Crippen LogP) is 4.52. The molecule has 0 spiro atoms. The largest absolute Gasteiger partial charge is 0.448 e. The van der Waals surface area contributed by atoms with Crippen LogP contribution in [0.2, 0.25) is 0 Å². The minimum Gasteiger partial charge on any atom is -0.448 e. The maximum absolute atomic E-state index is 13.7. The van der Waals surface area contributed by atoms with Crippen LogP contribution < -0.4 is 5.73 Å². The summed E-state index contributed by atoms with van der Waals surface area (Å²) in [5, 5.41) is 10.6. The van der Waals surface area contributed by atoms with Gasteiger partial charge in [-0.2, -0.15) is 0 Å². The smallest absolute Gasteiger partial charge is 0.356 e. The van der Waals surface area contributed by atoms with Crippen LogP contribution in [0.5, 0.6) is 0 Å². The van der Waals surface area contributed by atoms with Crippen LogP contribution in [0, 0.1) is 10.1 Å². The summed E-state index contributed by atoms with van der Waals surface area (Å²) in [4.78, 5) is 38.4. The highest BCUT2D eigenvalue weighted by molar-refractivity contribution is 8.00.